The van der Waals surface area contributed by atoms with E-state index in [1.807, 2.05) is 13.8 Å². The SMILES string of the molecule is CC(C)Oc1ccc(S(=O)(=O)NCc2cn3cc(C(F)(F)F)ccc3n2)cc1. The van der Waals surface area contributed by atoms with Crippen molar-refractivity contribution in [2.45, 2.75) is 37.6 Å². The van der Waals surface area contributed by atoms with Crippen LogP contribution in [0.2, 0.25) is 0 Å². The second-order valence-corrected chi connectivity index (χ2v) is 8.14. The summed E-state index contributed by atoms with van der Waals surface area (Å²) in [5, 5.41) is 0. The van der Waals surface area contributed by atoms with Crippen LogP contribution in [0, 0.1) is 0 Å². The fourth-order valence-electron chi connectivity index (χ4n) is 2.52. The van der Waals surface area contributed by atoms with E-state index in [1.165, 1.54) is 28.8 Å². The third-order valence-electron chi connectivity index (χ3n) is 3.78. The number of nitrogens with one attached hydrogen (secondary N) is 1. The monoisotopic (exact) mass is 413 g/mol. The van der Waals surface area contributed by atoms with Crippen molar-refractivity contribution in [1.29, 1.82) is 0 Å². The van der Waals surface area contributed by atoms with Gasteiger partial charge in [0.05, 0.1) is 28.8 Å². The average Bonchev–Trinajstić information content (AvgIpc) is 3.01. The van der Waals surface area contributed by atoms with Gasteiger partial charge in [-0.05, 0) is 50.2 Å². The maximum absolute atomic E-state index is 12.8. The summed E-state index contributed by atoms with van der Waals surface area (Å²) < 4.78 is 72.2. The summed E-state index contributed by atoms with van der Waals surface area (Å²) in [6.07, 6.45) is -2.24. The highest BCUT2D eigenvalue weighted by atomic mass is 32.2. The fourth-order valence-corrected chi connectivity index (χ4v) is 3.52. The molecule has 3 aromatic rings. The smallest absolute Gasteiger partial charge is 0.417 e. The Labute approximate surface area is 160 Å². The molecule has 10 heteroatoms. The molecule has 0 amide bonds. The van der Waals surface area contributed by atoms with E-state index >= 15 is 0 Å². The van der Waals surface area contributed by atoms with E-state index in [1.54, 1.807) is 12.1 Å². The van der Waals surface area contributed by atoms with E-state index in [-0.39, 0.29) is 23.2 Å². The number of hydrogen-bond donors (Lipinski definition) is 1. The molecule has 2 aromatic heterocycles. The van der Waals surface area contributed by atoms with Gasteiger partial charge in [-0.1, -0.05) is 0 Å². The van der Waals surface area contributed by atoms with Crippen LogP contribution in [0.3, 0.4) is 0 Å². The summed E-state index contributed by atoms with van der Waals surface area (Å²) in [7, 11) is -3.81. The van der Waals surface area contributed by atoms with E-state index in [9.17, 15) is 21.6 Å². The lowest BCUT2D eigenvalue weighted by atomic mass is 10.3. The van der Waals surface area contributed by atoms with Crippen molar-refractivity contribution < 1.29 is 26.3 Å². The van der Waals surface area contributed by atoms with Gasteiger partial charge in [0, 0.05) is 12.4 Å². The number of alkyl halides is 3. The molecule has 6 nitrogen and oxygen atoms in total. The second-order valence-electron chi connectivity index (χ2n) is 6.38. The van der Waals surface area contributed by atoms with Crippen molar-refractivity contribution in [2.75, 3.05) is 0 Å². The number of pyridine rings is 1. The molecule has 0 saturated carbocycles. The molecule has 0 bridgehead atoms. The molecule has 0 spiro atoms. The first-order valence-electron chi connectivity index (χ1n) is 8.36. The zero-order valence-electron chi connectivity index (χ0n) is 15.1. The van der Waals surface area contributed by atoms with Gasteiger partial charge in [0.2, 0.25) is 10.0 Å². The Kier molecular flexibility index (Phi) is 5.35. The standard InChI is InChI=1S/C18H18F3N3O3S/c1-12(2)27-15-4-6-16(7-5-15)28(25,26)22-9-14-11-24-10-13(18(19,20)21)3-8-17(24)23-14/h3-8,10-12,22H,9H2,1-2H3. The van der Waals surface area contributed by atoms with Crippen LogP contribution in [0.5, 0.6) is 5.75 Å². The molecule has 150 valence electrons. The highest BCUT2D eigenvalue weighted by molar-refractivity contribution is 7.89. The van der Waals surface area contributed by atoms with Gasteiger partial charge >= 0.3 is 6.18 Å². The van der Waals surface area contributed by atoms with Gasteiger partial charge in [0.25, 0.3) is 0 Å². The number of hydrogen-bond acceptors (Lipinski definition) is 4. The van der Waals surface area contributed by atoms with Crippen LogP contribution < -0.4 is 9.46 Å². The molecule has 0 radical (unpaired) electrons. The van der Waals surface area contributed by atoms with Gasteiger partial charge in [-0.2, -0.15) is 13.2 Å². The van der Waals surface area contributed by atoms with E-state index < -0.39 is 21.8 Å². The van der Waals surface area contributed by atoms with Crippen LogP contribution in [0.1, 0.15) is 25.1 Å². The number of aromatic nitrogens is 2. The lowest BCUT2D eigenvalue weighted by Crippen LogP contribution is -2.23. The minimum atomic E-state index is -4.47. The Morgan fingerprint density at radius 3 is 2.39 bits per heavy atom. The van der Waals surface area contributed by atoms with Crippen LogP contribution in [-0.4, -0.2) is 23.9 Å². The molecule has 0 aliphatic heterocycles. The Balaban J connectivity index is 1.73. The van der Waals surface area contributed by atoms with Crippen LogP contribution in [0.25, 0.3) is 5.65 Å². The Morgan fingerprint density at radius 2 is 1.79 bits per heavy atom. The lowest BCUT2D eigenvalue weighted by molar-refractivity contribution is -0.137. The fraction of sp³-hybridized carbons (Fsp3) is 0.278. The number of halogens is 3. The highest BCUT2D eigenvalue weighted by Gasteiger charge is 2.30. The number of ether oxygens (including phenoxy) is 1. The molecule has 1 N–H and O–H groups in total. The first-order valence-corrected chi connectivity index (χ1v) is 9.84. The quantitative estimate of drug-likeness (QED) is 0.670. The third kappa shape index (κ3) is 4.63. The molecule has 0 atom stereocenters. The van der Waals surface area contributed by atoms with Crippen LogP contribution in [-0.2, 0) is 22.7 Å². The zero-order valence-corrected chi connectivity index (χ0v) is 15.9. The summed E-state index contributed by atoms with van der Waals surface area (Å²) in [4.78, 5) is 4.18. The van der Waals surface area contributed by atoms with Gasteiger partial charge < -0.3 is 9.14 Å². The van der Waals surface area contributed by atoms with Gasteiger partial charge in [-0.15, -0.1) is 0 Å². The molecule has 2 heterocycles. The van der Waals surface area contributed by atoms with E-state index in [4.69, 9.17) is 4.74 Å². The van der Waals surface area contributed by atoms with Crippen LogP contribution >= 0.6 is 0 Å². The number of benzene rings is 1. The van der Waals surface area contributed by atoms with Crippen LogP contribution in [0.15, 0.2) is 53.7 Å². The number of rotatable bonds is 6. The molecule has 0 fully saturated rings. The maximum Gasteiger partial charge on any atom is 0.417 e. The molecular formula is C18H18F3N3O3S. The Morgan fingerprint density at radius 1 is 1.11 bits per heavy atom. The number of fused-ring (bicyclic) bond motifs is 1. The first kappa shape index (κ1) is 20.2. The molecule has 0 saturated heterocycles. The van der Waals surface area contributed by atoms with Gasteiger partial charge in [-0.3, -0.25) is 0 Å². The molecule has 1 aromatic carbocycles. The molecular weight excluding hydrogens is 395 g/mol. The van der Waals surface area contributed by atoms with Crippen molar-refractivity contribution in [3.05, 3.63) is 60.0 Å². The molecule has 3 rings (SSSR count). The average molecular weight is 413 g/mol. The minimum Gasteiger partial charge on any atom is -0.491 e. The van der Waals surface area contributed by atoms with Crippen molar-refractivity contribution in [2.24, 2.45) is 0 Å². The lowest BCUT2D eigenvalue weighted by Gasteiger charge is -2.10. The van der Waals surface area contributed by atoms with E-state index in [2.05, 4.69) is 9.71 Å². The normalized spacial score (nSPS) is 12.6. The Hall–Kier alpha value is -2.59. The van der Waals surface area contributed by atoms with Gasteiger partial charge in [0.1, 0.15) is 11.4 Å². The summed E-state index contributed by atoms with van der Waals surface area (Å²) >= 11 is 0. The predicted octanol–water partition coefficient (Wildman–Crippen LogP) is 3.62. The van der Waals surface area contributed by atoms with Crippen molar-refractivity contribution in [3.63, 3.8) is 0 Å². The first-order chi connectivity index (χ1) is 13.0. The Bertz CT molecular complexity index is 1070. The highest BCUT2D eigenvalue weighted by Crippen LogP contribution is 2.29. The number of imidazole rings is 1. The summed E-state index contributed by atoms with van der Waals surface area (Å²) in [6.45, 7) is 3.56. The third-order valence-corrected chi connectivity index (χ3v) is 5.19. The summed E-state index contributed by atoms with van der Waals surface area (Å²) in [5.74, 6) is 0.551. The predicted molar refractivity (Wildman–Crippen MR) is 96.4 cm³/mol. The van der Waals surface area contributed by atoms with E-state index in [0.717, 1.165) is 12.3 Å². The largest absolute Gasteiger partial charge is 0.491 e. The molecule has 0 aliphatic rings. The minimum absolute atomic E-state index is 0.0338. The molecule has 0 aliphatic carbocycles. The van der Waals surface area contributed by atoms with Crippen molar-refractivity contribution in [1.82, 2.24) is 14.1 Å². The van der Waals surface area contributed by atoms with Gasteiger partial charge in [0.15, 0.2) is 0 Å². The van der Waals surface area contributed by atoms with Crippen molar-refractivity contribution in [3.8, 4) is 5.75 Å². The van der Waals surface area contributed by atoms with Crippen LogP contribution in [0.4, 0.5) is 13.2 Å². The maximum atomic E-state index is 12.8. The number of nitrogens with zero attached hydrogens (tertiary/aromatic N) is 2. The summed E-state index contributed by atoms with van der Waals surface area (Å²) in [5.41, 5.74) is -0.228. The zero-order chi connectivity index (χ0) is 20.5. The van der Waals surface area contributed by atoms with Gasteiger partial charge in [-0.25, -0.2) is 18.1 Å². The number of sulfonamides is 1. The van der Waals surface area contributed by atoms with Crippen molar-refractivity contribution >= 4 is 15.7 Å². The topological polar surface area (TPSA) is 72.7 Å². The summed E-state index contributed by atoms with van der Waals surface area (Å²) in [6, 6.07) is 8.10. The molecule has 0 unspecified atom stereocenters. The second kappa shape index (κ2) is 7.44. The van der Waals surface area contributed by atoms with E-state index in [0.29, 0.717) is 11.4 Å². The molecule has 28 heavy (non-hydrogen) atoms.